The normalized spacial score (nSPS) is 17.8. The first kappa shape index (κ1) is 5.73. The summed E-state index contributed by atoms with van der Waals surface area (Å²) in [6.45, 7) is -0.485. The number of aliphatic hydroxyl groups is 1. The van der Waals surface area contributed by atoms with Gasteiger partial charge in [-0.25, -0.2) is 4.98 Å². The molecule has 0 amide bonds. The topological polar surface area (TPSA) is 33.1 Å². The van der Waals surface area contributed by atoms with E-state index in [0.717, 1.165) is 21.6 Å². The van der Waals surface area contributed by atoms with Gasteiger partial charge in [0.25, 0.3) is 0 Å². The first-order valence-corrected chi connectivity index (χ1v) is 4.78. The number of aromatic nitrogens is 1. The Labute approximate surface area is 85.1 Å². The molecular weight excluding hydrogens is 182 g/mol. The van der Waals surface area contributed by atoms with E-state index in [2.05, 4.69) is 4.98 Å². The zero-order valence-corrected chi connectivity index (χ0v) is 7.93. The van der Waals surface area contributed by atoms with Crippen molar-refractivity contribution in [2.24, 2.45) is 0 Å². The predicted molar refractivity (Wildman–Crippen MR) is 55.0 cm³/mol. The highest BCUT2D eigenvalue weighted by Gasteiger charge is 2.04. The Kier molecular flexibility index (Phi) is 1.36. The van der Waals surface area contributed by atoms with Gasteiger partial charge >= 0.3 is 0 Å². The van der Waals surface area contributed by atoms with E-state index in [0.29, 0.717) is 5.52 Å². The van der Waals surface area contributed by atoms with Gasteiger partial charge in [-0.1, -0.05) is 6.07 Å². The maximum atomic E-state index is 9.42. The standard InChI is InChI=1S/C10H11NOS/c1-6(12)8-3-4-9-10(5-8)13-7(2)11-9/h3-6,12H,1-2H3/i2D3. The van der Waals surface area contributed by atoms with Gasteiger partial charge in [0.2, 0.25) is 0 Å². The molecule has 0 saturated heterocycles. The fourth-order valence-electron chi connectivity index (χ4n) is 1.20. The molecule has 0 saturated carbocycles. The van der Waals surface area contributed by atoms with Crippen molar-refractivity contribution in [1.29, 1.82) is 0 Å². The second-order valence-corrected chi connectivity index (χ2v) is 3.95. The molecule has 0 radical (unpaired) electrons. The van der Waals surface area contributed by atoms with Crippen LogP contribution in [0.4, 0.5) is 0 Å². The lowest BCUT2D eigenvalue weighted by Gasteiger charge is -2.02. The summed E-state index contributed by atoms with van der Waals surface area (Å²) in [5.74, 6) is 0. The maximum absolute atomic E-state index is 9.42. The van der Waals surface area contributed by atoms with E-state index in [9.17, 15) is 5.11 Å². The Morgan fingerprint density at radius 2 is 2.46 bits per heavy atom. The quantitative estimate of drug-likeness (QED) is 0.760. The number of thiazole rings is 1. The lowest BCUT2D eigenvalue weighted by molar-refractivity contribution is 0.199. The third-order valence-corrected chi connectivity index (χ3v) is 2.73. The monoisotopic (exact) mass is 196 g/mol. The minimum absolute atomic E-state index is 0.144. The van der Waals surface area contributed by atoms with Crippen molar-refractivity contribution >= 4 is 21.6 Å². The van der Waals surface area contributed by atoms with E-state index in [4.69, 9.17) is 4.11 Å². The van der Waals surface area contributed by atoms with Crippen LogP contribution in [0.1, 0.15) is 27.7 Å². The fourth-order valence-corrected chi connectivity index (χ4v) is 1.97. The molecule has 0 aliphatic rings. The van der Waals surface area contributed by atoms with Crippen molar-refractivity contribution in [1.82, 2.24) is 4.98 Å². The van der Waals surface area contributed by atoms with E-state index in [1.165, 1.54) is 0 Å². The number of fused-ring (bicyclic) bond motifs is 1. The molecule has 0 aliphatic heterocycles. The SMILES string of the molecule is [2H]C([2H])([2H])c1nc2ccc(C(C)O)cc2s1. The van der Waals surface area contributed by atoms with Crippen LogP contribution in [-0.4, -0.2) is 10.1 Å². The van der Waals surface area contributed by atoms with Crippen molar-refractivity contribution in [2.75, 3.05) is 0 Å². The molecular formula is C10H11NOS. The van der Waals surface area contributed by atoms with Crippen molar-refractivity contribution < 1.29 is 9.22 Å². The average Bonchev–Trinajstić information content (AvgIpc) is 2.58. The molecule has 1 unspecified atom stereocenters. The molecule has 13 heavy (non-hydrogen) atoms. The summed E-state index contributed by atoms with van der Waals surface area (Å²) in [6.07, 6.45) is -0.553. The third kappa shape index (κ3) is 1.57. The Hall–Kier alpha value is -0.930. The van der Waals surface area contributed by atoms with Crippen LogP contribution in [0.25, 0.3) is 10.2 Å². The van der Waals surface area contributed by atoms with E-state index in [1.807, 2.05) is 0 Å². The summed E-state index contributed by atoms with van der Waals surface area (Å²) >= 11 is 1.15. The van der Waals surface area contributed by atoms with Crippen molar-refractivity contribution in [3.63, 3.8) is 0 Å². The Morgan fingerprint density at radius 3 is 3.15 bits per heavy atom. The number of nitrogens with zero attached hydrogens (tertiary/aromatic N) is 1. The second-order valence-electron chi connectivity index (χ2n) is 2.92. The molecule has 2 rings (SSSR count). The zero-order chi connectivity index (χ0) is 11.9. The van der Waals surface area contributed by atoms with Crippen LogP contribution in [-0.2, 0) is 0 Å². The van der Waals surface area contributed by atoms with Gasteiger partial charge in [0, 0.05) is 4.11 Å². The number of aryl methyl sites for hydroxylation is 1. The molecule has 1 heterocycles. The van der Waals surface area contributed by atoms with Gasteiger partial charge in [0.1, 0.15) is 0 Å². The molecule has 0 aliphatic carbocycles. The van der Waals surface area contributed by atoms with Crippen LogP contribution in [0.15, 0.2) is 18.2 Å². The lowest BCUT2D eigenvalue weighted by atomic mass is 10.1. The summed E-state index contributed by atoms with van der Waals surface area (Å²) < 4.78 is 22.6. The fraction of sp³-hybridized carbons (Fsp3) is 0.300. The van der Waals surface area contributed by atoms with Crippen LogP contribution in [0.2, 0.25) is 0 Å². The minimum atomic E-state index is -2.16. The van der Waals surface area contributed by atoms with Crippen LogP contribution in [0, 0.1) is 6.85 Å². The number of hydrogen-bond acceptors (Lipinski definition) is 3. The van der Waals surface area contributed by atoms with Gasteiger partial charge in [0.15, 0.2) is 0 Å². The van der Waals surface area contributed by atoms with Crippen LogP contribution in [0.3, 0.4) is 0 Å². The molecule has 1 N–H and O–H groups in total. The molecule has 0 fully saturated rings. The number of aliphatic hydroxyl groups excluding tert-OH is 1. The summed E-state index contributed by atoms with van der Waals surface area (Å²) in [5, 5.41) is 9.57. The first-order chi connectivity index (χ1) is 7.38. The summed E-state index contributed by atoms with van der Waals surface area (Å²) in [6, 6.07) is 5.28. The third-order valence-electron chi connectivity index (χ3n) is 1.89. The lowest BCUT2D eigenvalue weighted by Crippen LogP contribution is -1.88. The summed E-state index contributed by atoms with van der Waals surface area (Å²) in [4.78, 5) is 4.06. The van der Waals surface area contributed by atoms with Gasteiger partial charge in [-0.2, -0.15) is 0 Å². The largest absolute Gasteiger partial charge is 0.389 e. The van der Waals surface area contributed by atoms with E-state index < -0.39 is 13.0 Å². The van der Waals surface area contributed by atoms with Crippen molar-refractivity contribution in [3.05, 3.63) is 28.8 Å². The molecule has 0 bridgehead atoms. The van der Waals surface area contributed by atoms with Gasteiger partial charge in [-0.15, -0.1) is 11.3 Å². The van der Waals surface area contributed by atoms with E-state index in [1.54, 1.807) is 25.1 Å². The highest BCUT2D eigenvalue weighted by Crippen LogP contribution is 2.24. The molecule has 2 aromatic rings. The molecule has 2 nitrogen and oxygen atoms in total. The highest BCUT2D eigenvalue weighted by molar-refractivity contribution is 7.18. The molecule has 1 atom stereocenters. The second kappa shape index (κ2) is 3.09. The van der Waals surface area contributed by atoms with Crippen LogP contribution < -0.4 is 0 Å². The summed E-state index contributed by atoms with van der Waals surface area (Å²) in [5.41, 5.74) is 1.44. The minimum Gasteiger partial charge on any atom is -0.389 e. The Morgan fingerprint density at radius 1 is 1.62 bits per heavy atom. The zero-order valence-electron chi connectivity index (χ0n) is 10.1. The van der Waals surface area contributed by atoms with E-state index >= 15 is 0 Å². The highest BCUT2D eigenvalue weighted by atomic mass is 32.1. The molecule has 3 heteroatoms. The molecule has 0 spiro atoms. The van der Waals surface area contributed by atoms with E-state index in [-0.39, 0.29) is 5.01 Å². The Bertz CT molecular complexity index is 518. The van der Waals surface area contributed by atoms with Gasteiger partial charge in [0.05, 0.1) is 21.3 Å². The van der Waals surface area contributed by atoms with Gasteiger partial charge in [-0.05, 0) is 31.5 Å². The van der Waals surface area contributed by atoms with Crippen molar-refractivity contribution in [2.45, 2.75) is 19.9 Å². The molecule has 68 valence electrons. The predicted octanol–water partition coefficient (Wildman–Crippen LogP) is 2.66. The molecule has 1 aromatic heterocycles. The maximum Gasteiger partial charge on any atom is 0.0907 e. The summed E-state index contributed by atoms with van der Waals surface area (Å²) in [7, 11) is 0. The number of benzene rings is 1. The van der Waals surface area contributed by atoms with Crippen LogP contribution >= 0.6 is 11.3 Å². The number of rotatable bonds is 1. The Balaban J connectivity index is 2.54. The van der Waals surface area contributed by atoms with Crippen molar-refractivity contribution in [3.8, 4) is 0 Å². The molecule has 1 aromatic carbocycles. The first-order valence-electron chi connectivity index (χ1n) is 5.47. The van der Waals surface area contributed by atoms with Gasteiger partial charge < -0.3 is 5.11 Å². The number of hydrogen-bond donors (Lipinski definition) is 1. The smallest absolute Gasteiger partial charge is 0.0907 e. The van der Waals surface area contributed by atoms with Gasteiger partial charge in [-0.3, -0.25) is 0 Å². The van der Waals surface area contributed by atoms with Crippen LogP contribution in [0.5, 0.6) is 0 Å². The average molecular weight is 196 g/mol.